The summed E-state index contributed by atoms with van der Waals surface area (Å²) in [6.45, 7) is 1.31. The van der Waals surface area contributed by atoms with Gasteiger partial charge in [-0.1, -0.05) is 54.9 Å². The van der Waals surface area contributed by atoms with E-state index in [9.17, 15) is 18.0 Å². The number of likely N-dealkylation sites (N-methyl/N-ethyl adjacent to an activating group) is 1. The maximum atomic E-state index is 13.8. The third-order valence-electron chi connectivity index (χ3n) is 5.90. The Morgan fingerprint density at radius 1 is 0.973 bits per heavy atom. The van der Waals surface area contributed by atoms with E-state index < -0.39 is 28.5 Å². The quantitative estimate of drug-likeness (QED) is 0.393. The molecule has 0 heterocycles. The Hall–Kier alpha value is -3.56. The predicted molar refractivity (Wildman–Crippen MR) is 144 cm³/mol. The molecule has 2 amide bonds. The fraction of sp³-hybridized carbons (Fsp3) is 0.259. The molecule has 0 radical (unpaired) electrons. The Morgan fingerprint density at radius 2 is 1.59 bits per heavy atom. The van der Waals surface area contributed by atoms with E-state index in [-0.39, 0.29) is 17.3 Å². The average Bonchev–Trinajstić information content (AvgIpc) is 2.92. The molecule has 0 aliphatic rings. The Balaban J connectivity index is 2.04. The second-order valence-electron chi connectivity index (χ2n) is 8.17. The van der Waals surface area contributed by atoms with Crippen molar-refractivity contribution in [1.29, 1.82) is 0 Å². The second kappa shape index (κ2) is 12.6. The smallest absolute Gasteiger partial charge is 0.264 e. The fourth-order valence-corrected chi connectivity index (χ4v) is 5.50. The van der Waals surface area contributed by atoms with Gasteiger partial charge < -0.3 is 15.0 Å². The van der Waals surface area contributed by atoms with Gasteiger partial charge in [-0.3, -0.25) is 13.9 Å². The van der Waals surface area contributed by atoms with Crippen molar-refractivity contribution in [3.05, 3.63) is 89.4 Å². The first kappa shape index (κ1) is 28.0. The maximum absolute atomic E-state index is 13.8. The van der Waals surface area contributed by atoms with Crippen molar-refractivity contribution in [3.63, 3.8) is 0 Å². The SMILES string of the molecule is CC[C@H](C(=O)NC)N(Cc1ccccc1Cl)C(=O)CN(c1ccccc1)S(=O)(=O)c1ccc(OC)cc1. The van der Waals surface area contributed by atoms with Gasteiger partial charge in [-0.05, 0) is 54.4 Å². The standard InChI is InChI=1S/C27H30ClN3O5S/c1-4-25(27(33)29-2)30(18-20-10-8-9-13-24(20)28)26(32)19-31(21-11-6-5-7-12-21)37(34,35)23-16-14-22(36-3)15-17-23/h5-17,25H,4,18-19H2,1-3H3,(H,29,33)/t25-/m1/s1. The molecule has 37 heavy (non-hydrogen) atoms. The molecule has 3 rings (SSSR count). The summed E-state index contributed by atoms with van der Waals surface area (Å²) in [4.78, 5) is 27.9. The van der Waals surface area contributed by atoms with Crippen LogP contribution in [-0.2, 0) is 26.2 Å². The molecule has 0 aromatic heterocycles. The van der Waals surface area contributed by atoms with Crippen molar-refractivity contribution in [3.8, 4) is 5.75 Å². The minimum Gasteiger partial charge on any atom is -0.497 e. The zero-order valence-corrected chi connectivity index (χ0v) is 22.5. The lowest BCUT2D eigenvalue weighted by molar-refractivity contribution is -0.140. The van der Waals surface area contributed by atoms with Gasteiger partial charge in [0.2, 0.25) is 11.8 Å². The molecular weight excluding hydrogens is 514 g/mol. The molecule has 0 unspecified atom stereocenters. The number of benzene rings is 3. The van der Waals surface area contributed by atoms with Crippen LogP contribution >= 0.6 is 11.6 Å². The number of carbonyl (C=O) groups is 2. The summed E-state index contributed by atoms with van der Waals surface area (Å²) >= 11 is 6.36. The molecule has 0 saturated heterocycles. The first-order valence-electron chi connectivity index (χ1n) is 11.7. The van der Waals surface area contributed by atoms with Gasteiger partial charge in [0.25, 0.3) is 10.0 Å². The van der Waals surface area contributed by atoms with Crippen LogP contribution in [0.15, 0.2) is 83.8 Å². The summed E-state index contributed by atoms with van der Waals surface area (Å²) < 4.78 is 33.7. The minimum absolute atomic E-state index is 0.000879. The van der Waals surface area contributed by atoms with Crippen molar-refractivity contribution in [2.75, 3.05) is 25.0 Å². The van der Waals surface area contributed by atoms with Crippen LogP contribution in [0.5, 0.6) is 5.75 Å². The molecule has 0 aliphatic heterocycles. The molecule has 3 aromatic carbocycles. The Bertz CT molecular complexity index is 1320. The van der Waals surface area contributed by atoms with Crippen LogP contribution in [0.1, 0.15) is 18.9 Å². The third-order valence-corrected chi connectivity index (χ3v) is 8.06. The van der Waals surface area contributed by atoms with E-state index in [0.717, 1.165) is 4.31 Å². The van der Waals surface area contributed by atoms with E-state index >= 15 is 0 Å². The summed E-state index contributed by atoms with van der Waals surface area (Å²) in [5.74, 6) is -0.396. The number of carbonyl (C=O) groups excluding carboxylic acids is 2. The molecule has 1 N–H and O–H groups in total. The number of hydrogen-bond donors (Lipinski definition) is 1. The van der Waals surface area contributed by atoms with Crippen LogP contribution in [0, 0.1) is 0 Å². The molecule has 1 atom stereocenters. The Labute approximate surface area is 222 Å². The normalized spacial score (nSPS) is 11.9. The van der Waals surface area contributed by atoms with Crippen LogP contribution in [0.25, 0.3) is 0 Å². The van der Waals surface area contributed by atoms with Gasteiger partial charge in [0.05, 0.1) is 17.7 Å². The van der Waals surface area contributed by atoms with E-state index in [0.29, 0.717) is 28.4 Å². The monoisotopic (exact) mass is 543 g/mol. The first-order chi connectivity index (χ1) is 17.7. The largest absolute Gasteiger partial charge is 0.497 e. The van der Waals surface area contributed by atoms with Crippen molar-refractivity contribution in [2.24, 2.45) is 0 Å². The van der Waals surface area contributed by atoms with Crippen molar-refractivity contribution in [1.82, 2.24) is 10.2 Å². The highest BCUT2D eigenvalue weighted by molar-refractivity contribution is 7.92. The molecule has 3 aromatic rings. The molecule has 10 heteroatoms. The summed E-state index contributed by atoms with van der Waals surface area (Å²) in [6.07, 6.45) is 0.326. The summed E-state index contributed by atoms with van der Waals surface area (Å²) in [6, 6.07) is 20.5. The topological polar surface area (TPSA) is 96.0 Å². The highest BCUT2D eigenvalue weighted by atomic mass is 35.5. The number of rotatable bonds is 11. The van der Waals surface area contributed by atoms with Crippen LogP contribution in [0.4, 0.5) is 5.69 Å². The molecule has 196 valence electrons. The van der Waals surface area contributed by atoms with Gasteiger partial charge in [-0.15, -0.1) is 0 Å². The van der Waals surface area contributed by atoms with Gasteiger partial charge >= 0.3 is 0 Å². The average molecular weight is 544 g/mol. The van der Waals surface area contributed by atoms with Gasteiger partial charge in [0, 0.05) is 18.6 Å². The van der Waals surface area contributed by atoms with Crippen molar-refractivity contribution >= 4 is 39.1 Å². The molecule has 0 saturated carbocycles. The fourth-order valence-electron chi connectivity index (χ4n) is 3.89. The summed E-state index contributed by atoms with van der Waals surface area (Å²) in [5.41, 5.74) is 0.960. The number of ether oxygens (including phenoxy) is 1. The van der Waals surface area contributed by atoms with Gasteiger partial charge in [-0.25, -0.2) is 8.42 Å². The lowest BCUT2D eigenvalue weighted by Crippen LogP contribution is -2.51. The number of sulfonamides is 1. The van der Waals surface area contributed by atoms with Gasteiger partial charge in [0.15, 0.2) is 0 Å². The number of methoxy groups -OCH3 is 1. The second-order valence-corrected chi connectivity index (χ2v) is 10.4. The molecular formula is C27H30ClN3O5S. The molecule has 8 nitrogen and oxygen atoms in total. The molecule has 0 fully saturated rings. The Kier molecular flexibility index (Phi) is 9.54. The lowest BCUT2D eigenvalue weighted by Gasteiger charge is -2.33. The van der Waals surface area contributed by atoms with Crippen LogP contribution in [-0.4, -0.2) is 51.9 Å². The van der Waals surface area contributed by atoms with Gasteiger partial charge in [-0.2, -0.15) is 0 Å². The lowest BCUT2D eigenvalue weighted by atomic mass is 10.1. The molecule has 0 aliphatic carbocycles. The summed E-state index contributed by atoms with van der Waals surface area (Å²) in [5, 5.41) is 3.04. The van der Waals surface area contributed by atoms with Crippen molar-refractivity contribution in [2.45, 2.75) is 30.8 Å². The number of para-hydroxylation sites is 1. The van der Waals surface area contributed by atoms with Gasteiger partial charge in [0.1, 0.15) is 18.3 Å². The third kappa shape index (κ3) is 6.61. The van der Waals surface area contributed by atoms with E-state index in [2.05, 4.69) is 5.32 Å². The van der Waals surface area contributed by atoms with Crippen molar-refractivity contribution < 1.29 is 22.7 Å². The Morgan fingerprint density at radius 3 is 2.16 bits per heavy atom. The first-order valence-corrected chi connectivity index (χ1v) is 13.5. The zero-order chi connectivity index (χ0) is 27.0. The maximum Gasteiger partial charge on any atom is 0.264 e. The van der Waals surface area contributed by atoms with E-state index in [1.54, 1.807) is 73.7 Å². The number of nitrogens with one attached hydrogen (secondary N) is 1. The predicted octanol–water partition coefficient (Wildman–Crippen LogP) is 4.10. The molecule has 0 bridgehead atoms. The van der Waals surface area contributed by atoms with Crippen LogP contribution in [0.2, 0.25) is 5.02 Å². The summed E-state index contributed by atoms with van der Waals surface area (Å²) in [7, 11) is -1.16. The number of nitrogens with zero attached hydrogens (tertiary/aromatic N) is 2. The van der Waals surface area contributed by atoms with Crippen LogP contribution in [0.3, 0.4) is 0 Å². The number of anilines is 1. The highest BCUT2D eigenvalue weighted by Gasteiger charge is 2.33. The molecule has 0 spiro atoms. The van der Waals surface area contributed by atoms with E-state index in [1.165, 1.54) is 31.2 Å². The van der Waals surface area contributed by atoms with E-state index in [4.69, 9.17) is 16.3 Å². The van der Waals surface area contributed by atoms with E-state index in [1.807, 2.05) is 0 Å². The number of amides is 2. The minimum atomic E-state index is -4.14. The zero-order valence-electron chi connectivity index (χ0n) is 20.9. The highest BCUT2D eigenvalue weighted by Crippen LogP contribution is 2.26. The number of hydrogen-bond acceptors (Lipinski definition) is 5. The van der Waals surface area contributed by atoms with Crippen LogP contribution < -0.4 is 14.4 Å². The number of halogens is 1.